The van der Waals surface area contributed by atoms with Crippen LogP contribution in [0.2, 0.25) is 0 Å². The van der Waals surface area contributed by atoms with Crippen LogP contribution in [0.15, 0.2) is 41.3 Å². The van der Waals surface area contributed by atoms with Crippen molar-refractivity contribution in [2.75, 3.05) is 5.73 Å². The molecule has 110 valence electrons. The molecule has 0 aliphatic heterocycles. The predicted octanol–water partition coefficient (Wildman–Crippen LogP) is 2.93. The molecule has 2 aromatic rings. The van der Waals surface area contributed by atoms with E-state index in [1.54, 1.807) is 18.2 Å². The van der Waals surface area contributed by atoms with Crippen LogP contribution in [0.1, 0.15) is 11.1 Å². The number of anilines is 1. The molecule has 1 unspecified atom stereocenters. The number of rotatable bonds is 4. The Kier molecular flexibility index (Phi) is 4.32. The topological polar surface area (TPSA) is 86.2 Å². The molecular formula is C14H13FN2O3S. The largest absolute Gasteiger partial charge is 0.398 e. The molecule has 0 bridgehead atoms. The van der Waals surface area contributed by atoms with Crippen molar-refractivity contribution in [1.82, 2.24) is 0 Å². The fourth-order valence-electron chi connectivity index (χ4n) is 1.88. The molecule has 2 rings (SSSR count). The molecule has 1 atom stereocenters. The summed E-state index contributed by atoms with van der Waals surface area (Å²) in [7, 11) is -1.58. The van der Waals surface area contributed by atoms with Gasteiger partial charge >= 0.3 is 5.69 Å². The SMILES string of the molecule is Cc1ccc(N)c(S(=O)Cc2cccc([N+](=O)[O-])c2F)c1. The van der Waals surface area contributed by atoms with Crippen LogP contribution >= 0.6 is 0 Å². The Morgan fingerprint density at radius 1 is 1.33 bits per heavy atom. The average Bonchev–Trinajstić information content (AvgIpc) is 2.43. The summed E-state index contributed by atoms with van der Waals surface area (Å²) in [6.45, 7) is 1.83. The van der Waals surface area contributed by atoms with Gasteiger partial charge in [0, 0.05) is 17.3 Å². The van der Waals surface area contributed by atoms with Gasteiger partial charge in [-0.3, -0.25) is 14.3 Å². The highest BCUT2D eigenvalue weighted by atomic mass is 32.2. The molecule has 0 aliphatic carbocycles. The van der Waals surface area contributed by atoms with Crippen molar-refractivity contribution in [2.24, 2.45) is 0 Å². The van der Waals surface area contributed by atoms with Crippen LogP contribution < -0.4 is 5.73 Å². The maximum atomic E-state index is 14.0. The number of nitro groups is 1. The van der Waals surface area contributed by atoms with E-state index in [9.17, 15) is 18.7 Å². The third kappa shape index (κ3) is 3.25. The second-order valence-electron chi connectivity index (χ2n) is 4.54. The molecule has 5 nitrogen and oxygen atoms in total. The zero-order valence-electron chi connectivity index (χ0n) is 11.2. The van der Waals surface area contributed by atoms with E-state index in [1.165, 1.54) is 12.1 Å². The van der Waals surface area contributed by atoms with E-state index in [2.05, 4.69) is 0 Å². The summed E-state index contributed by atoms with van der Waals surface area (Å²) in [6, 6.07) is 8.90. The smallest absolute Gasteiger partial charge is 0.305 e. The van der Waals surface area contributed by atoms with Crippen LogP contribution in [-0.2, 0) is 16.6 Å². The van der Waals surface area contributed by atoms with E-state index < -0.39 is 27.2 Å². The lowest BCUT2D eigenvalue weighted by atomic mass is 10.2. The van der Waals surface area contributed by atoms with Crippen LogP contribution in [-0.4, -0.2) is 9.13 Å². The van der Waals surface area contributed by atoms with E-state index in [-0.39, 0.29) is 11.3 Å². The van der Waals surface area contributed by atoms with E-state index in [1.807, 2.05) is 6.92 Å². The molecule has 0 heterocycles. The maximum absolute atomic E-state index is 14.0. The zero-order valence-corrected chi connectivity index (χ0v) is 12.0. The summed E-state index contributed by atoms with van der Waals surface area (Å²) in [5.41, 5.74) is 6.41. The van der Waals surface area contributed by atoms with Gasteiger partial charge in [0.1, 0.15) is 0 Å². The lowest BCUT2D eigenvalue weighted by molar-refractivity contribution is -0.387. The summed E-state index contributed by atoms with van der Waals surface area (Å²) < 4.78 is 26.3. The minimum atomic E-state index is -1.58. The molecule has 0 amide bonds. The number of nitrogen functional groups attached to an aromatic ring is 1. The zero-order chi connectivity index (χ0) is 15.6. The number of nitrogens with zero attached hydrogens (tertiary/aromatic N) is 1. The fraction of sp³-hybridized carbons (Fsp3) is 0.143. The monoisotopic (exact) mass is 308 g/mol. The summed E-state index contributed by atoms with van der Waals surface area (Å²) in [5, 5.41) is 10.7. The third-order valence-electron chi connectivity index (χ3n) is 2.96. The van der Waals surface area contributed by atoms with E-state index in [0.29, 0.717) is 10.6 Å². The summed E-state index contributed by atoms with van der Waals surface area (Å²) in [4.78, 5) is 10.3. The third-order valence-corrected chi connectivity index (χ3v) is 4.37. The van der Waals surface area contributed by atoms with Gasteiger partial charge < -0.3 is 5.73 Å². The van der Waals surface area contributed by atoms with Crippen LogP contribution in [0.5, 0.6) is 0 Å². The summed E-state index contributed by atoms with van der Waals surface area (Å²) in [5.74, 6) is -1.12. The number of halogens is 1. The summed E-state index contributed by atoms with van der Waals surface area (Å²) >= 11 is 0. The lowest BCUT2D eigenvalue weighted by Gasteiger charge is -2.08. The van der Waals surface area contributed by atoms with Crippen molar-refractivity contribution in [3.05, 3.63) is 63.5 Å². The highest BCUT2D eigenvalue weighted by molar-refractivity contribution is 7.84. The molecule has 2 N–H and O–H groups in total. The Morgan fingerprint density at radius 2 is 2.05 bits per heavy atom. The maximum Gasteiger partial charge on any atom is 0.305 e. The van der Waals surface area contributed by atoms with Gasteiger partial charge in [0.25, 0.3) is 0 Å². The highest BCUT2D eigenvalue weighted by Crippen LogP contribution is 2.25. The molecule has 7 heteroatoms. The van der Waals surface area contributed by atoms with E-state index in [4.69, 9.17) is 5.73 Å². The quantitative estimate of drug-likeness (QED) is 0.534. The predicted molar refractivity (Wildman–Crippen MR) is 78.8 cm³/mol. The number of hydrogen-bond acceptors (Lipinski definition) is 4. The van der Waals surface area contributed by atoms with Crippen molar-refractivity contribution in [3.8, 4) is 0 Å². The Balaban J connectivity index is 2.34. The number of nitro benzene ring substituents is 1. The van der Waals surface area contributed by atoms with Gasteiger partial charge in [-0.15, -0.1) is 0 Å². The van der Waals surface area contributed by atoms with Crippen molar-refractivity contribution in [3.63, 3.8) is 0 Å². The van der Waals surface area contributed by atoms with Gasteiger partial charge in [0.15, 0.2) is 0 Å². The van der Waals surface area contributed by atoms with E-state index >= 15 is 0 Å². The minimum absolute atomic E-state index is 0.0310. The fourth-order valence-corrected chi connectivity index (χ4v) is 3.19. The molecule has 0 saturated heterocycles. The van der Waals surface area contributed by atoms with Gasteiger partial charge in [0.2, 0.25) is 5.82 Å². The first kappa shape index (κ1) is 15.1. The second-order valence-corrected chi connectivity index (χ2v) is 5.96. The van der Waals surface area contributed by atoms with Gasteiger partial charge in [0.05, 0.1) is 26.4 Å². The van der Waals surface area contributed by atoms with Crippen molar-refractivity contribution in [1.29, 1.82) is 0 Å². The number of nitrogens with two attached hydrogens (primary N) is 1. The van der Waals surface area contributed by atoms with Gasteiger partial charge in [-0.05, 0) is 24.6 Å². The molecule has 2 aromatic carbocycles. The first-order valence-corrected chi connectivity index (χ1v) is 7.38. The Hall–Kier alpha value is -2.28. The average molecular weight is 308 g/mol. The number of hydrogen-bond donors (Lipinski definition) is 1. The molecular weight excluding hydrogens is 295 g/mol. The second kappa shape index (κ2) is 6.01. The Bertz CT molecular complexity index is 734. The van der Waals surface area contributed by atoms with Gasteiger partial charge in [-0.25, -0.2) is 0 Å². The highest BCUT2D eigenvalue weighted by Gasteiger charge is 2.19. The van der Waals surface area contributed by atoms with Gasteiger partial charge in [-0.2, -0.15) is 4.39 Å². The van der Waals surface area contributed by atoms with Crippen LogP contribution in [0.25, 0.3) is 0 Å². The molecule has 0 saturated carbocycles. The lowest BCUT2D eigenvalue weighted by Crippen LogP contribution is -2.04. The van der Waals surface area contributed by atoms with Gasteiger partial charge in [-0.1, -0.05) is 18.2 Å². The van der Waals surface area contributed by atoms with E-state index in [0.717, 1.165) is 11.6 Å². The minimum Gasteiger partial charge on any atom is -0.398 e. The van der Waals surface area contributed by atoms with Crippen molar-refractivity contribution in [2.45, 2.75) is 17.6 Å². The molecule has 0 spiro atoms. The Labute approximate surface area is 123 Å². The summed E-state index contributed by atoms with van der Waals surface area (Å²) in [6.07, 6.45) is 0. The van der Waals surface area contributed by atoms with Crippen molar-refractivity contribution < 1.29 is 13.5 Å². The first-order valence-electron chi connectivity index (χ1n) is 6.06. The normalized spacial score (nSPS) is 12.1. The first-order chi connectivity index (χ1) is 9.90. The number of benzene rings is 2. The van der Waals surface area contributed by atoms with Crippen LogP contribution in [0, 0.1) is 22.9 Å². The van der Waals surface area contributed by atoms with Crippen LogP contribution in [0.3, 0.4) is 0 Å². The molecule has 0 aliphatic rings. The van der Waals surface area contributed by atoms with Crippen LogP contribution in [0.4, 0.5) is 15.8 Å². The molecule has 0 aromatic heterocycles. The molecule has 0 fully saturated rings. The molecule has 21 heavy (non-hydrogen) atoms. The number of aryl methyl sites for hydroxylation is 1. The van der Waals surface area contributed by atoms with Crippen molar-refractivity contribution >= 4 is 22.2 Å². The molecule has 0 radical (unpaired) electrons. The Morgan fingerprint density at radius 3 is 2.71 bits per heavy atom. The standard InChI is InChI=1S/C14H13FN2O3S/c1-9-5-6-11(16)13(7-9)21(20)8-10-3-2-4-12(14(10)15)17(18)19/h2-7H,8,16H2,1H3.